The van der Waals surface area contributed by atoms with E-state index in [0.29, 0.717) is 22.6 Å². The molecule has 0 aliphatic heterocycles. The number of likely N-dealkylation sites (N-methyl/N-ethyl adjacent to an activating group) is 1. The Kier molecular flexibility index (Phi) is 4.45. The van der Waals surface area contributed by atoms with E-state index in [1.165, 1.54) is 12.1 Å². The average molecular weight is 283 g/mol. The van der Waals surface area contributed by atoms with E-state index in [-0.39, 0.29) is 11.9 Å². The van der Waals surface area contributed by atoms with E-state index >= 15 is 0 Å². The zero-order valence-corrected chi connectivity index (χ0v) is 11.1. The van der Waals surface area contributed by atoms with E-state index in [2.05, 4.69) is 10.3 Å². The molecule has 0 radical (unpaired) electrons. The second-order valence-corrected chi connectivity index (χ2v) is 4.65. The van der Waals surface area contributed by atoms with E-state index in [9.17, 15) is 8.78 Å². The Morgan fingerprint density at radius 3 is 2.68 bits per heavy atom. The zero-order valence-electron chi connectivity index (χ0n) is 10.3. The fraction of sp³-hybridized carbons (Fsp3) is 0.214. The molecular weight excluding hydrogens is 270 g/mol. The van der Waals surface area contributed by atoms with Gasteiger partial charge in [0.1, 0.15) is 11.6 Å². The van der Waals surface area contributed by atoms with Crippen LogP contribution in [0.4, 0.5) is 8.78 Å². The molecular formula is C14H13ClF2N2. The van der Waals surface area contributed by atoms with Gasteiger partial charge in [0.15, 0.2) is 0 Å². The second kappa shape index (κ2) is 6.08. The lowest BCUT2D eigenvalue weighted by molar-refractivity contribution is 0.546. The fourth-order valence-electron chi connectivity index (χ4n) is 1.91. The molecule has 0 bridgehead atoms. The van der Waals surface area contributed by atoms with Crippen molar-refractivity contribution in [3.05, 3.63) is 64.4 Å². The standard InChI is InChI=1S/C14H13ClF2N2/c1-18-14(10-4-12(16)8-19-7-10)5-9-2-3-11(15)6-13(9)17/h2-4,6-8,14,18H,5H2,1H3. The molecule has 100 valence electrons. The summed E-state index contributed by atoms with van der Waals surface area (Å²) in [5.74, 6) is -0.772. The normalized spacial score (nSPS) is 12.4. The van der Waals surface area contributed by atoms with Crippen molar-refractivity contribution in [2.75, 3.05) is 7.05 Å². The van der Waals surface area contributed by atoms with E-state index in [0.717, 1.165) is 6.20 Å². The molecule has 0 saturated heterocycles. The zero-order chi connectivity index (χ0) is 13.8. The van der Waals surface area contributed by atoms with E-state index in [1.807, 2.05) is 0 Å². The van der Waals surface area contributed by atoms with Crippen molar-refractivity contribution in [3.8, 4) is 0 Å². The minimum absolute atomic E-state index is 0.209. The van der Waals surface area contributed by atoms with Gasteiger partial charge < -0.3 is 5.32 Å². The molecule has 0 saturated carbocycles. The first kappa shape index (κ1) is 13.9. The molecule has 0 amide bonds. The molecule has 1 unspecified atom stereocenters. The molecule has 1 aromatic heterocycles. The van der Waals surface area contributed by atoms with Gasteiger partial charge in [0.2, 0.25) is 0 Å². The Bertz CT molecular complexity index is 575. The first-order chi connectivity index (χ1) is 9.10. The number of nitrogens with zero attached hydrogens (tertiary/aromatic N) is 1. The molecule has 0 spiro atoms. The largest absolute Gasteiger partial charge is 0.313 e. The van der Waals surface area contributed by atoms with Crippen LogP contribution in [0.1, 0.15) is 17.2 Å². The Labute approximate surface area is 115 Å². The van der Waals surface area contributed by atoms with Gasteiger partial charge in [0.25, 0.3) is 0 Å². The van der Waals surface area contributed by atoms with Gasteiger partial charge in [-0.2, -0.15) is 0 Å². The smallest absolute Gasteiger partial charge is 0.141 e. The van der Waals surface area contributed by atoms with Crippen molar-refractivity contribution >= 4 is 11.6 Å². The molecule has 0 aliphatic carbocycles. The van der Waals surface area contributed by atoms with Crippen LogP contribution in [0, 0.1) is 11.6 Å². The molecule has 19 heavy (non-hydrogen) atoms. The molecule has 5 heteroatoms. The van der Waals surface area contributed by atoms with Gasteiger partial charge in [-0.25, -0.2) is 8.78 Å². The van der Waals surface area contributed by atoms with Gasteiger partial charge in [-0.15, -0.1) is 0 Å². The van der Waals surface area contributed by atoms with Crippen LogP contribution in [0.15, 0.2) is 36.7 Å². The summed E-state index contributed by atoms with van der Waals surface area (Å²) < 4.78 is 26.9. The minimum Gasteiger partial charge on any atom is -0.313 e. The lowest BCUT2D eigenvalue weighted by atomic mass is 10.00. The Balaban J connectivity index is 2.24. The first-order valence-electron chi connectivity index (χ1n) is 5.82. The summed E-state index contributed by atoms with van der Waals surface area (Å²) in [5.41, 5.74) is 1.20. The van der Waals surface area contributed by atoms with Gasteiger partial charge >= 0.3 is 0 Å². The number of nitrogens with one attached hydrogen (secondary N) is 1. The van der Waals surface area contributed by atoms with Gasteiger partial charge in [0, 0.05) is 17.3 Å². The van der Waals surface area contributed by atoms with Gasteiger partial charge in [-0.1, -0.05) is 17.7 Å². The SMILES string of the molecule is CNC(Cc1ccc(Cl)cc1F)c1cncc(F)c1. The first-order valence-corrected chi connectivity index (χ1v) is 6.19. The number of rotatable bonds is 4. The van der Waals surface area contributed by atoms with Crippen molar-refractivity contribution in [3.63, 3.8) is 0 Å². The Hall–Kier alpha value is -1.52. The van der Waals surface area contributed by atoms with E-state index in [1.54, 1.807) is 25.4 Å². The van der Waals surface area contributed by atoms with E-state index < -0.39 is 5.82 Å². The van der Waals surface area contributed by atoms with Crippen molar-refractivity contribution in [2.24, 2.45) is 0 Å². The number of benzene rings is 1. The number of aromatic nitrogens is 1. The van der Waals surface area contributed by atoms with Crippen LogP contribution >= 0.6 is 11.6 Å². The van der Waals surface area contributed by atoms with Crippen molar-refractivity contribution in [2.45, 2.75) is 12.5 Å². The summed E-state index contributed by atoms with van der Waals surface area (Å²) >= 11 is 5.71. The van der Waals surface area contributed by atoms with Gasteiger partial charge in [-0.3, -0.25) is 4.98 Å². The summed E-state index contributed by atoms with van der Waals surface area (Å²) in [6.45, 7) is 0. The Morgan fingerprint density at radius 2 is 2.05 bits per heavy atom. The Morgan fingerprint density at radius 1 is 1.26 bits per heavy atom. The quantitative estimate of drug-likeness (QED) is 0.928. The third kappa shape index (κ3) is 3.49. The summed E-state index contributed by atoms with van der Waals surface area (Å²) in [4.78, 5) is 3.80. The van der Waals surface area contributed by atoms with Crippen molar-refractivity contribution in [1.82, 2.24) is 10.3 Å². The molecule has 2 rings (SSSR count). The molecule has 2 nitrogen and oxygen atoms in total. The molecule has 1 heterocycles. The van der Waals surface area contributed by atoms with Crippen LogP contribution in [0.3, 0.4) is 0 Å². The van der Waals surface area contributed by atoms with Crippen LogP contribution in [0.25, 0.3) is 0 Å². The topological polar surface area (TPSA) is 24.9 Å². The third-order valence-electron chi connectivity index (χ3n) is 2.92. The fourth-order valence-corrected chi connectivity index (χ4v) is 2.07. The summed E-state index contributed by atoms with van der Waals surface area (Å²) in [6, 6.07) is 5.72. The molecule has 1 aromatic carbocycles. The highest BCUT2D eigenvalue weighted by Gasteiger charge is 2.14. The van der Waals surface area contributed by atoms with Crippen LogP contribution in [0.2, 0.25) is 5.02 Å². The highest BCUT2D eigenvalue weighted by Crippen LogP contribution is 2.22. The summed E-state index contributed by atoms with van der Waals surface area (Å²) in [7, 11) is 1.74. The predicted molar refractivity (Wildman–Crippen MR) is 71.1 cm³/mol. The highest BCUT2D eigenvalue weighted by atomic mass is 35.5. The second-order valence-electron chi connectivity index (χ2n) is 4.22. The van der Waals surface area contributed by atoms with Crippen molar-refractivity contribution < 1.29 is 8.78 Å². The maximum absolute atomic E-state index is 13.7. The number of hydrogen-bond acceptors (Lipinski definition) is 2. The lowest BCUT2D eigenvalue weighted by Gasteiger charge is -2.17. The summed E-state index contributed by atoms with van der Waals surface area (Å²) in [6.07, 6.45) is 3.10. The number of hydrogen-bond donors (Lipinski definition) is 1. The van der Waals surface area contributed by atoms with Crippen LogP contribution < -0.4 is 5.32 Å². The minimum atomic E-state index is -0.408. The maximum atomic E-state index is 13.7. The van der Waals surface area contributed by atoms with Gasteiger partial charge in [0.05, 0.1) is 6.20 Å². The molecule has 0 fully saturated rings. The monoisotopic (exact) mass is 282 g/mol. The lowest BCUT2D eigenvalue weighted by Crippen LogP contribution is -2.19. The molecule has 1 N–H and O–H groups in total. The average Bonchev–Trinajstić information content (AvgIpc) is 2.38. The highest BCUT2D eigenvalue weighted by molar-refractivity contribution is 6.30. The maximum Gasteiger partial charge on any atom is 0.141 e. The molecule has 1 atom stereocenters. The summed E-state index contributed by atoms with van der Waals surface area (Å²) in [5, 5.41) is 3.39. The number of halogens is 3. The van der Waals surface area contributed by atoms with Crippen LogP contribution in [-0.2, 0) is 6.42 Å². The van der Waals surface area contributed by atoms with Crippen LogP contribution in [-0.4, -0.2) is 12.0 Å². The molecule has 2 aromatic rings. The van der Waals surface area contributed by atoms with Gasteiger partial charge in [-0.05, 0) is 42.8 Å². The molecule has 0 aliphatic rings. The predicted octanol–water partition coefficient (Wildman–Crippen LogP) is 3.52. The number of pyridine rings is 1. The van der Waals surface area contributed by atoms with E-state index in [4.69, 9.17) is 11.6 Å². The van der Waals surface area contributed by atoms with Crippen molar-refractivity contribution in [1.29, 1.82) is 0 Å². The van der Waals surface area contributed by atoms with Crippen LogP contribution in [0.5, 0.6) is 0 Å². The third-order valence-corrected chi connectivity index (χ3v) is 3.15.